The molecule has 0 bridgehead atoms. The van der Waals surface area contributed by atoms with Crippen molar-refractivity contribution in [2.45, 2.75) is 45.4 Å². The highest BCUT2D eigenvalue weighted by Gasteiger charge is 2.12. The molecule has 12 heavy (non-hydrogen) atoms. The summed E-state index contributed by atoms with van der Waals surface area (Å²) < 4.78 is 0. The smallest absolute Gasteiger partial charge is 0.123 e. The first kappa shape index (κ1) is 11.3. The molecular formula is C10H18O2. The summed E-state index contributed by atoms with van der Waals surface area (Å²) in [5, 5.41) is 0. The molecule has 0 aromatic rings. The highest BCUT2D eigenvalue weighted by molar-refractivity contribution is 5.53. The summed E-state index contributed by atoms with van der Waals surface area (Å²) in [6.07, 6.45) is 8.52. The number of carbonyl (C=O) groups excluding carboxylic acids is 2. The minimum atomic E-state index is 0.417. The largest absolute Gasteiger partial charge is 0.303 e. The zero-order chi connectivity index (χ0) is 9.23. The molecule has 0 spiro atoms. The molecule has 0 unspecified atom stereocenters. The Kier molecular flexibility index (Phi) is 7.97. The molecule has 0 amide bonds. The molecule has 0 aromatic carbocycles. The van der Waals surface area contributed by atoms with E-state index in [9.17, 15) is 9.59 Å². The van der Waals surface area contributed by atoms with Crippen LogP contribution in [0.5, 0.6) is 0 Å². The van der Waals surface area contributed by atoms with Gasteiger partial charge in [0.15, 0.2) is 0 Å². The predicted octanol–water partition coefficient (Wildman–Crippen LogP) is 2.36. The van der Waals surface area contributed by atoms with Crippen molar-refractivity contribution in [2.24, 2.45) is 5.92 Å². The van der Waals surface area contributed by atoms with Gasteiger partial charge in [-0.05, 0) is 19.3 Å². The third-order valence-electron chi connectivity index (χ3n) is 2.00. The van der Waals surface area contributed by atoms with Crippen molar-refractivity contribution in [3.63, 3.8) is 0 Å². The number of rotatable bonds is 3. The van der Waals surface area contributed by atoms with Crippen LogP contribution in [0.4, 0.5) is 0 Å². The Labute approximate surface area is 74.3 Å². The fourth-order valence-electron chi connectivity index (χ4n) is 1.21. The average Bonchev–Trinajstić information content (AvgIpc) is 2.58. The number of aldehydes is 2. The van der Waals surface area contributed by atoms with E-state index < -0.39 is 0 Å². The number of carbonyl (C=O) groups is 2. The van der Waals surface area contributed by atoms with Gasteiger partial charge in [-0.2, -0.15) is 0 Å². The number of hydrogen-bond donors (Lipinski definition) is 0. The van der Waals surface area contributed by atoms with Crippen molar-refractivity contribution < 1.29 is 9.59 Å². The zero-order valence-corrected chi connectivity index (χ0v) is 7.79. The molecule has 1 aliphatic carbocycles. The fourth-order valence-corrected chi connectivity index (χ4v) is 1.21. The molecule has 0 saturated heterocycles. The summed E-state index contributed by atoms with van der Waals surface area (Å²) in [5.41, 5.74) is 0. The molecule has 0 N–H and O–H groups in total. The summed E-state index contributed by atoms with van der Waals surface area (Å²) in [5.74, 6) is 0.417. The maximum Gasteiger partial charge on any atom is 0.123 e. The first-order valence-electron chi connectivity index (χ1n) is 4.74. The molecular weight excluding hydrogens is 152 g/mol. The van der Waals surface area contributed by atoms with Crippen LogP contribution in [0.3, 0.4) is 0 Å². The van der Waals surface area contributed by atoms with Gasteiger partial charge >= 0.3 is 0 Å². The predicted molar refractivity (Wildman–Crippen MR) is 49.0 cm³/mol. The maximum atomic E-state index is 10.0. The molecule has 0 heterocycles. The van der Waals surface area contributed by atoms with Gasteiger partial charge in [0.25, 0.3) is 0 Å². The molecule has 1 aliphatic rings. The Balaban J connectivity index is 0.000000217. The van der Waals surface area contributed by atoms with Crippen molar-refractivity contribution >= 4 is 12.6 Å². The van der Waals surface area contributed by atoms with E-state index in [1.54, 1.807) is 0 Å². The highest BCUT2D eigenvalue weighted by atomic mass is 16.1. The van der Waals surface area contributed by atoms with Gasteiger partial charge in [0.1, 0.15) is 12.6 Å². The van der Waals surface area contributed by atoms with Gasteiger partial charge in [-0.25, -0.2) is 0 Å². The van der Waals surface area contributed by atoms with E-state index >= 15 is 0 Å². The van der Waals surface area contributed by atoms with Gasteiger partial charge in [-0.3, -0.25) is 0 Å². The monoisotopic (exact) mass is 170 g/mol. The van der Waals surface area contributed by atoms with Crippen LogP contribution in [-0.2, 0) is 9.59 Å². The van der Waals surface area contributed by atoms with E-state index in [0.717, 1.165) is 31.8 Å². The van der Waals surface area contributed by atoms with E-state index in [1.807, 2.05) is 6.92 Å². The average molecular weight is 170 g/mol. The fraction of sp³-hybridized carbons (Fsp3) is 0.800. The summed E-state index contributed by atoms with van der Waals surface area (Å²) >= 11 is 0. The molecule has 0 aromatic heterocycles. The maximum absolute atomic E-state index is 10.0. The lowest BCUT2D eigenvalue weighted by molar-refractivity contribution is -0.111. The Hall–Kier alpha value is -0.660. The lowest BCUT2D eigenvalue weighted by Crippen LogP contribution is -1.91. The SMILES string of the molecule is CCCC=O.O=CC1CCCC1. The Morgan fingerprint density at radius 2 is 1.83 bits per heavy atom. The summed E-state index contributed by atoms with van der Waals surface area (Å²) in [4.78, 5) is 19.4. The van der Waals surface area contributed by atoms with Gasteiger partial charge < -0.3 is 9.59 Å². The van der Waals surface area contributed by atoms with Crippen molar-refractivity contribution in [3.8, 4) is 0 Å². The van der Waals surface area contributed by atoms with E-state index in [1.165, 1.54) is 12.8 Å². The molecule has 2 heteroatoms. The van der Waals surface area contributed by atoms with Crippen LogP contribution in [0.2, 0.25) is 0 Å². The molecule has 70 valence electrons. The standard InChI is InChI=1S/C6H10O.C4H8O/c7-5-6-3-1-2-4-6;1-2-3-4-5/h5-6H,1-4H2;4H,2-3H2,1H3. The zero-order valence-electron chi connectivity index (χ0n) is 7.79. The number of unbranched alkanes of at least 4 members (excludes halogenated alkanes) is 1. The van der Waals surface area contributed by atoms with Crippen LogP contribution in [0.25, 0.3) is 0 Å². The van der Waals surface area contributed by atoms with Crippen molar-refractivity contribution in [1.29, 1.82) is 0 Å². The molecule has 1 saturated carbocycles. The van der Waals surface area contributed by atoms with Gasteiger partial charge in [-0.15, -0.1) is 0 Å². The minimum Gasteiger partial charge on any atom is -0.303 e. The molecule has 1 fully saturated rings. The second-order valence-electron chi connectivity index (χ2n) is 3.14. The van der Waals surface area contributed by atoms with Gasteiger partial charge in [0.2, 0.25) is 0 Å². The molecule has 2 nitrogen and oxygen atoms in total. The Morgan fingerprint density at radius 1 is 1.25 bits per heavy atom. The van der Waals surface area contributed by atoms with Crippen LogP contribution < -0.4 is 0 Å². The lowest BCUT2D eigenvalue weighted by atomic mass is 10.1. The van der Waals surface area contributed by atoms with Crippen LogP contribution in [-0.4, -0.2) is 12.6 Å². The van der Waals surface area contributed by atoms with Gasteiger partial charge in [0, 0.05) is 12.3 Å². The van der Waals surface area contributed by atoms with Crippen LogP contribution in [0, 0.1) is 5.92 Å². The second kappa shape index (κ2) is 8.44. The van der Waals surface area contributed by atoms with Gasteiger partial charge in [-0.1, -0.05) is 19.8 Å². The molecule has 0 atom stereocenters. The van der Waals surface area contributed by atoms with Crippen LogP contribution >= 0.6 is 0 Å². The minimum absolute atomic E-state index is 0.417. The Bertz CT molecular complexity index is 115. The summed E-state index contributed by atoms with van der Waals surface area (Å²) in [7, 11) is 0. The summed E-state index contributed by atoms with van der Waals surface area (Å²) in [6, 6.07) is 0. The third-order valence-corrected chi connectivity index (χ3v) is 2.00. The molecule has 0 radical (unpaired) electrons. The third kappa shape index (κ3) is 6.08. The normalized spacial score (nSPS) is 16.4. The Morgan fingerprint density at radius 3 is 2.00 bits per heavy atom. The first-order chi connectivity index (χ1) is 5.85. The molecule has 0 aliphatic heterocycles. The van der Waals surface area contributed by atoms with E-state index in [-0.39, 0.29) is 0 Å². The molecule has 1 rings (SSSR count). The van der Waals surface area contributed by atoms with E-state index in [2.05, 4.69) is 0 Å². The quantitative estimate of drug-likeness (QED) is 0.609. The highest BCUT2D eigenvalue weighted by Crippen LogP contribution is 2.21. The van der Waals surface area contributed by atoms with E-state index in [4.69, 9.17) is 0 Å². The van der Waals surface area contributed by atoms with E-state index in [0.29, 0.717) is 12.3 Å². The topological polar surface area (TPSA) is 34.1 Å². The van der Waals surface area contributed by atoms with Crippen LogP contribution in [0.15, 0.2) is 0 Å². The van der Waals surface area contributed by atoms with Gasteiger partial charge in [0.05, 0.1) is 0 Å². The first-order valence-corrected chi connectivity index (χ1v) is 4.74. The summed E-state index contributed by atoms with van der Waals surface area (Å²) in [6.45, 7) is 1.98. The van der Waals surface area contributed by atoms with Crippen molar-refractivity contribution in [1.82, 2.24) is 0 Å². The lowest BCUT2D eigenvalue weighted by Gasteiger charge is -1.90. The number of hydrogen-bond acceptors (Lipinski definition) is 2. The van der Waals surface area contributed by atoms with Crippen molar-refractivity contribution in [3.05, 3.63) is 0 Å². The van der Waals surface area contributed by atoms with Crippen molar-refractivity contribution in [2.75, 3.05) is 0 Å². The second-order valence-corrected chi connectivity index (χ2v) is 3.14. The van der Waals surface area contributed by atoms with Crippen LogP contribution in [0.1, 0.15) is 45.4 Å².